The molecule has 1 aliphatic carbocycles. The van der Waals surface area contributed by atoms with E-state index in [1.807, 2.05) is 6.07 Å². The van der Waals surface area contributed by atoms with Crippen molar-refractivity contribution in [1.29, 1.82) is 0 Å². The summed E-state index contributed by atoms with van der Waals surface area (Å²) in [6.07, 6.45) is 5.39. The summed E-state index contributed by atoms with van der Waals surface area (Å²) in [5.74, 6) is -0.0301. The van der Waals surface area contributed by atoms with Crippen molar-refractivity contribution in [1.82, 2.24) is 14.7 Å². The van der Waals surface area contributed by atoms with Crippen molar-refractivity contribution in [3.05, 3.63) is 40.3 Å². The second-order valence-corrected chi connectivity index (χ2v) is 9.25. The van der Waals surface area contributed by atoms with E-state index >= 15 is 0 Å². The minimum absolute atomic E-state index is 0.0221. The van der Waals surface area contributed by atoms with E-state index in [0.29, 0.717) is 24.0 Å². The first-order chi connectivity index (χ1) is 15.4. The number of hydrogen-bond acceptors (Lipinski definition) is 5. The molecular formula is C22H25ClFN5O3. The Bertz CT molecular complexity index is 1080. The summed E-state index contributed by atoms with van der Waals surface area (Å²) in [6, 6.07) is 4.79. The first kappa shape index (κ1) is 21.1. The highest BCUT2D eigenvalue weighted by molar-refractivity contribution is 6.31. The molecule has 3 heterocycles. The fourth-order valence-corrected chi connectivity index (χ4v) is 5.31. The summed E-state index contributed by atoms with van der Waals surface area (Å²) in [4.78, 5) is 26.7. The van der Waals surface area contributed by atoms with Gasteiger partial charge in [0.1, 0.15) is 12.4 Å². The number of fused-ring (bicyclic) bond motifs is 2. The van der Waals surface area contributed by atoms with E-state index in [4.69, 9.17) is 22.1 Å². The minimum Gasteiger partial charge on any atom is -0.436 e. The van der Waals surface area contributed by atoms with Gasteiger partial charge >= 0.3 is 6.09 Å². The number of nitrogens with zero attached hydrogens (tertiary/aromatic N) is 3. The maximum absolute atomic E-state index is 14.9. The maximum atomic E-state index is 14.9. The monoisotopic (exact) mass is 461 g/mol. The molecular weight excluding hydrogens is 437 g/mol. The molecule has 1 aromatic heterocycles. The standard InChI is InChI=1S/C22H25ClFN5O3/c23-14-6-7-15-19(20(14)24)22(32-21(31)26-15)8-9-28(12-22)18(30)11-29-17(25)10-16(27-29)13-4-2-1-3-5-13/h6-7,10,13H,1-5,8-9,11-12,25H2,(H,26,31)/t22-/m0/s1. The molecule has 0 bridgehead atoms. The van der Waals surface area contributed by atoms with Gasteiger partial charge in [0.05, 0.1) is 28.5 Å². The number of amides is 2. The van der Waals surface area contributed by atoms with Crippen LogP contribution in [0.3, 0.4) is 0 Å². The van der Waals surface area contributed by atoms with Gasteiger partial charge in [0, 0.05) is 24.9 Å². The van der Waals surface area contributed by atoms with Crippen molar-refractivity contribution in [3.63, 3.8) is 0 Å². The van der Waals surface area contributed by atoms with Crippen LogP contribution in [0.5, 0.6) is 0 Å². The Morgan fingerprint density at radius 3 is 2.91 bits per heavy atom. The second-order valence-electron chi connectivity index (χ2n) is 8.84. The van der Waals surface area contributed by atoms with Crippen LogP contribution in [0.4, 0.5) is 20.7 Å². The molecule has 10 heteroatoms. The van der Waals surface area contributed by atoms with E-state index in [-0.39, 0.29) is 36.0 Å². The lowest BCUT2D eigenvalue weighted by Crippen LogP contribution is -2.44. The molecule has 3 N–H and O–H groups in total. The zero-order valence-electron chi connectivity index (χ0n) is 17.6. The van der Waals surface area contributed by atoms with Crippen LogP contribution in [-0.2, 0) is 21.7 Å². The lowest BCUT2D eigenvalue weighted by atomic mass is 9.87. The number of nitrogens with one attached hydrogen (secondary N) is 1. The molecule has 1 atom stereocenters. The summed E-state index contributed by atoms with van der Waals surface area (Å²) >= 11 is 5.98. The fraction of sp³-hybridized carbons (Fsp3) is 0.500. The fourth-order valence-electron chi connectivity index (χ4n) is 5.15. The summed E-state index contributed by atoms with van der Waals surface area (Å²) in [7, 11) is 0. The van der Waals surface area contributed by atoms with Gasteiger partial charge in [0.15, 0.2) is 11.4 Å². The Morgan fingerprint density at radius 2 is 2.12 bits per heavy atom. The van der Waals surface area contributed by atoms with Crippen LogP contribution < -0.4 is 11.1 Å². The van der Waals surface area contributed by atoms with Crippen molar-refractivity contribution in [2.24, 2.45) is 0 Å². The predicted molar refractivity (Wildman–Crippen MR) is 117 cm³/mol. The van der Waals surface area contributed by atoms with Crippen LogP contribution in [0.25, 0.3) is 0 Å². The van der Waals surface area contributed by atoms with Crippen molar-refractivity contribution in [2.45, 2.75) is 56.6 Å². The number of rotatable bonds is 3. The van der Waals surface area contributed by atoms with E-state index in [0.717, 1.165) is 18.5 Å². The predicted octanol–water partition coefficient (Wildman–Crippen LogP) is 4.00. The van der Waals surface area contributed by atoms with Crippen LogP contribution in [0.15, 0.2) is 18.2 Å². The second kappa shape index (κ2) is 7.95. The molecule has 1 spiro atoms. The molecule has 170 valence electrons. The minimum atomic E-state index is -1.27. The molecule has 5 rings (SSSR count). The first-order valence-corrected chi connectivity index (χ1v) is 11.3. The van der Waals surface area contributed by atoms with Crippen LogP contribution >= 0.6 is 11.6 Å². The van der Waals surface area contributed by atoms with E-state index in [1.165, 1.54) is 30.0 Å². The van der Waals surface area contributed by atoms with Gasteiger partial charge in [0.25, 0.3) is 0 Å². The van der Waals surface area contributed by atoms with Gasteiger partial charge in [-0.25, -0.2) is 13.9 Å². The third kappa shape index (κ3) is 3.58. The molecule has 2 aromatic rings. The quantitative estimate of drug-likeness (QED) is 0.719. The molecule has 2 fully saturated rings. The number of nitrogens with two attached hydrogens (primary N) is 1. The van der Waals surface area contributed by atoms with Crippen LogP contribution in [-0.4, -0.2) is 39.8 Å². The third-order valence-corrected chi connectivity index (χ3v) is 7.09. The molecule has 0 radical (unpaired) electrons. The largest absolute Gasteiger partial charge is 0.436 e. The number of ether oxygens (including phenoxy) is 1. The van der Waals surface area contributed by atoms with Gasteiger partial charge in [0.2, 0.25) is 5.91 Å². The van der Waals surface area contributed by atoms with Crippen molar-refractivity contribution < 1.29 is 18.7 Å². The van der Waals surface area contributed by atoms with Crippen molar-refractivity contribution >= 4 is 35.1 Å². The average Bonchev–Trinajstić information content (AvgIpc) is 3.35. The SMILES string of the molecule is Nc1cc(C2CCCCC2)nn1CC(=O)N1CC[C@@]2(C1)OC(=O)Nc1ccc(Cl)c(F)c12. The number of halogens is 2. The number of likely N-dealkylation sites (tertiary alicyclic amines) is 1. The van der Waals surface area contributed by atoms with Gasteiger partial charge in [-0.15, -0.1) is 0 Å². The Labute approximate surface area is 189 Å². The number of carbonyl (C=O) groups excluding carboxylic acids is 2. The smallest absolute Gasteiger partial charge is 0.412 e. The molecule has 8 nitrogen and oxygen atoms in total. The summed E-state index contributed by atoms with van der Waals surface area (Å²) in [6.45, 7) is 0.333. The molecule has 2 aliphatic heterocycles. The molecule has 32 heavy (non-hydrogen) atoms. The molecule has 2 amide bonds. The molecule has 3 aliphatic rings. The number of hydrogen-bond donors (Lipinski definition) is 2. The number of aromatic nitrogens is 2. The number of benzene rings is 1. The Hall–Kier alpha value is -2.81. The van der Waals surface area contributed by atoms with E-state index in [1.54, 1.807) is 11.0 Å². The third-order valence-electron chi connectivity index (χ3n) is 6.80. The van der Waals surface area contributed by atoms with Gasteiger partial charge in [-0.3, -0.25) is 10.1 Å². The van der Waals surface area contributed by atoms with E-state index in [9.17, 15) is 14.0 Å². The summed E-state index contributed by atoms with van der Waals surface area (Å²) < 4.78 is 22.0. The summed E-state index contributed by atoms with van der Waals surface area (Å²) in [5, 5.41) is 7.04. The summed E-state index contributed by atoms with van der Waals surface area (Å²) in [5.41, 5.74) is 6.29. The average molecular weight is 462 g/mol. The topological polar surface area (TPSA) is 102 Å². The normalized spacial score (nSPS) is 23.2. The van der Waals surface area contributed by atoms with Crippen LogP contribution in [0, 0.1) is 5.82 Å². The lowest BCUT2D eigenvalue weighted by Gasteiger charge is -2.35. The maximum Gasteiger partial charge on any atom is 0.412 e. The van der Waals surface area contributed by atoms with Gasteiger partial charge in [-0.2, -0.15) is 5.10 Å². The zero-order valence-corrected chi connectivity index (χ0v) is 18.3. The zero-order chi connectivity index (χ0) is 22.5. The van der Waals surface area contributed by atoms with Gasteiger partial charge in [-0.05, 0) is 25.0 Å². The Morgan fingerprint density at radius 1 is 1.34 bits per heavy atom. The lowest BCUT2D eigenvalue weighted by molar-refractivity contribution is -0.132. The number of nitrogen functional groups attached to an aromatic ring is 1. The highest BCUT2D eigenvalue weighted by Gasteiger charge is 2.50. The Balaban J connectivity index is 1.35. The number of carbonyl (C=O) groups is 2. The van der Waals surface area contributed by atoms with Crippen molar-refractivity contribution in [3.8, 4) is 0 Å². The molecule has 1 saturated carbocycles. The highest BCUT2D eigenvalue weighted by Crippen LogP contribution is 2.45. The van der Waals surface area contributed by atoms with Gasteiger partial charge < -0.3 is 15.4 Å². The van der Waals surface area contributed by atoms with Crippen LogP contribution in [0.2, 0.25) is 5.02 Å². The van der Waals surface area contributed by atoms with Crippen molar-refractivity contribution in [2.75, 3.05) is 24.1 Å². The van der Waals surface area contributed by atoms with Gasteiger partial charge in [-0.1, -0.05) is 30.9 Å². The highest BCUT2D eigenvalue weighted by atomic mass is 35.5. The van der Waals surface area contributed by atoms with E-state index < -0.39 is 17.5 Å². The molecule has 1 saturated heterocycles. The molecule has 0 unspecified atom stereocenters. The molecule has 1 aromatic carbocycles. The number of anilines is 2. The Kier molecular flexibility index (Phi) is 5.23. The van der Waals surface area contributed by atoms with Crippen LogP contribution in [0.1, 0.15) is 55.7 Å². The first-order valence-electron chi connectivity index (χ1n) is 11.0. The van der Waals surface area contributed by atoms with E-state index in [2.05, 4.69) is 10.4 Å².